The molecule has 2 aromatic heterocycles. The first-order valence-electron chi connectivity index (χ1n) is 7.65. The van der Waals surface area contributed by atoms with Gasteiger partial charge in [-0.3, -0.25) is 0 Å². The number of nitrogens with zero attached hydrogens (tertiary/aromatic N) is 4. The van der Waals surface area contributed by atoms with E-state index >= 15 is 0 Å². The topological polar surface area (TPSA) is 52.8 Å². The summed E-state index contributed by atoms with van der Waals surface area (Å²) >= 11 is 5.77. The summed E-state index contributed by atoms with van der Waals surface area (Å²) in [7, 11) is 0. The molecule has 8 heteroatoms. The van der Waals surface area contributed by atoms with E-state index < -0.39 is 17.4 Å². The van der Waals surface area contributed by atoms with Gasteiger partial charge < -0.3 is 4.74 Å². The Morgan fingerprint density at radius 2 is 1.88 bits per heavy atom. The Kier molecular flexibility index (Phi) is 4.22. The van der Waals surface area contributed by atoms with E-state index in [0.717, 1.165) is 11.6 Å². The number of hydrogen-bond donors (Lipinski definition) is 0. The predicted octanol–water partition coefficient (Wildman–Crippen LogP) is 4.33. The van der Waals surface area contributed by atoms with Crippen molar-refractivity contribution in [2.45, 2.75) is 6.61 Å². The van der Waals surface area contributed by atoms with Crippen molar-refractivity contribution in [1.82, 2.24) is 20.0 Å². The summed E-state index contributed by atoms with van der Waals surface area (Å²) in [5, 5.41) is 7.98. The maximum atomic E-state index is 15.0. The third-order valence-electron chi connectivity index (χ3n) is 3.77. The van der Waals surface area contributed by atoms with Crippen molar-refractivity contribution in [3.8, 4) is 11.4 Å². The molecule has 0 N–H and O–H groups in total. The average Bonchev–Trinajstić information content (AvgIpc) is 3.07. The van der Waals surface area contributed by atoms with Crippen LogP contribution in [0.4, 0.5) is 8.78 Å². The number of halogens is 3. The van der Waals surface area contributed by atoms with Gasteiger partial charge in [-0.05, 0) is 17.7 Å². The van der Waals surface area contributed by atoms with Gasteiger partial charge in [-0.1, -0.05) is 47.1 Å². The van der Waals surface area contributed by atoms with E-state index in [1.165, 1.54) is 10.9 Å². The molecular weight excluding hydrogens is 362 g/mol. The summed E-state index contributed by atoms with van der Waals surface area (Å²) in [6.07, 6.45) is 1.42. The Morgan fingerprint density at radius 1 is 1.08 bits per heavy atom. The van der Waals surface area contributed by atoms with E-state index in [4.69, 9.17) is 16.3 Å². The van der Waals surface area contributed by atoms with Gasteiger partial charge in [-0.2, -0.15) is 0 Å². The highest BCUT2D eigenvalue weighted by atomic mass is 35.5. The molecule has 0 saturated carbocycles. The Morgan fingerprint density at radius 3 is 2.62 bits per heavy atom. The van der Waals surface area contributed by atoms with Gasteiger partial charge >= 0.3 is 0 Å². The fourth-order valence-corrected chi connectivity index (χ4v) is 2.64. The minimum Gasteiger partial charge on any atom is -0.483 e. The monoisotopic (exact) mass is 372 g/mol. The molecule has 130 valence electrons. The van der Waals surface area contributed by atoms with E-state index in [1.54, 1.807) is 24.3 Å². The Bertz CT molecular complexity index is 1070. The van der Waals surface area contributed by atoms with Crippen molar-refractivity contribution in [2.75, 3.05) is 0 Å². The molecule has 2 heterocycles. The molecule has 0 amide bonds. The van der Waals surface area contributed by atoms with E-state index in [-0.39, 0.29) is 22.8 Å². The molecule has 4 aromatic rings. The second kappa shape index (κ2) is 6.68. The number of hydrogen-bond acceptors (Lipinski definition) is 4. The molecule has 0 radical (unpaired) electrons. The first-order valence-corrected chi connectivity index (χ1v) is 8.03. The van der Waals surface area contributed by atoms with E-state index in [0.29, 0.717) is 5.69 Å². The van der Waals surface area contributed by atoms with Gasteiger partial charge in [-0.25, -0.2) is 18.4 Å². The van der Waals surface area contributed by atoms with Crippen LogP contribution in [-0.4, -0.2) is 20.0 Å². The Balaban J connectivity index is 1.76. The van der Waals surface area contributed by atoms with Gasteiger partial charge in [0.1, 0.15) is 22.8 Å². The van der Waals surface area contributed by atoms with E-state index in [2.05, 4.69) is 15.3 Å². The summed E-state index contributed by atoms with van der Waals surface area (Å²) < 4.78 is 35.9. The summed E-state index contributed by atoms with van der Waals surface area (Å²) in [6.45, 7) is 0.0320. The zero-order valence-corrected chi connectivity index (χ0v) is 14.0. The van der Waals surface area contributed by atoms with Crippen molar-refractivity contribution in [3.63, 3.8) is 0 Å². The second-order valence-electron chi connectivity index (χ2n) is 5.48. The molecule has 0 aliphatic carbocycles. The van der Waals surface area contributed by atoms with Gasteiger partial charge in [0.15, 0.2) is 17.4 Å². The summed E-state index contributed by atoms with van der Waals surface area (Å²) in [6, 6.07) is 13.3. The fraction of sp³-hybridized carbons (Fsp3) is 0.0556. The molecule has 26 heavy (non-hydrogen) atoms. The third-order valence-corrected chi connectivity index (χ3v) is 3.99. The van der Waals surface area contributed by atoms with Crippen LogP contribution in [0.15, 0.2) is 54.7 Å². The van der Waals surface area contributed by atoms with Crippen molar-refractivity contribution in [2.24, 2.45) is 0 Å². The lowest BCUT2D eigenvalue weighted by Gasteiger charge is -2.10. The lowest BCUT2D eigenvalue weighted by molar-refractivity contribution is 0.275. The maximum absolute atomic E-state index is 15.0. The summed E-state index contributed by atoms with van der Waals surface area (Å²) in [4.78, 5) is 3.94. The molecule has 0 aliphatic heterocycles. The molecule has 0 atom stereocenters. The molecule has 0 spiro atoms. The van der Waals surface area contributed by atoms with Crippen molar-refractivity contribution < 1.29 is 13.5 Å². The average molecular weight is 373 g/mol. The van der Waals surface area contributed by atoms with Crippen LogP contribution in [0.5, 0.6) is 5.75 Å². The van der Waals surface area contributed by atoms with Crippen LogP contribution in [0.3, 0.4) is 0 Å². The zero-order valence-electron chi connectivity index (χ0n) is 13.2. The minimum absolute atomic E-state index is 0.00131. The number of benzene rings is 2. The molecule has 0 bridgehead atoms. The molecule has 2 aromatic carbocycles. The van der Waals surface area contributed by atoms with Crippen LogP contribution in [0.25, 0.3) is 16.7 Å². The smallest absolute Gasteiger partial charge is 0.196 e. The maximum Gasteiger partial charge on any atom is 0.196 e. The molecule has 0 aliphatic rings. The number of ether oxygens (including phenoxy) is 1. The first kappa shape index (κ1) is 16.4. The summed E-state index contributed by atoms with van der Waals surface area (Å²) in [5.41, 5.74) is 1.30. The Hall–Kier alpha value is -3.06. The molecule has 5 nitrogen and oxygen atoms in total. The highest BCUT2D eigenvalue weighted by Gasteiger charge is 2.21. The molecule has 0 unspecified atom stereocenters. The van der Waals surface area contributed by atoms with Crippen LogP contribution < -0.4 is 4.74 Å². The number of fused-ring (bicyclic) bond motifs is 1. The van der Waals surface area contributed by atoms with Crippen molar-refractivity contribution >= 4 is 22.6 Å². The zero-order chi connectivity index (χ0) is 18.1. The number of pyridine rings is 1. The van der Waals surface area contributed by atoms with Crippen LogP contribution in [0.2, 0.25) is 5.15 Å². The standard InChI is InChI=1S/C18H11ClF2N4O/c19-15-7-6-12(9-22-15)25-17-14(23-24-25)8-13(20)18(16(17)21)26-10-11-4-2-1-3-5-11/h1-9H,10H2. The van der Waals surface area contributed by atoms with Gasteiger partial charge in [0.05, 0.1) is 11.9 Å². The Labute approximate surface area is 151 Å². The quantitative estimate of drug-likeness (QED) is 0.500. The first-order chi connectivity index (χ1) is 12.6. The van der Waals surface area contributed by atoms with E-state index in [1.807, 2.05) is 18.2 Å². The second-order valence-corrected chi connectivity index (χ2v) is 5.87. The van der Waals surface area contributed by atoms with Crippen LogP contribution in [0, 0.1) is 11.6 Å². The van der Waals surface area contributed by atoms with Gasteiger partial charge in [0.2, 0.25) is 0 Å². The largest absolute Gasteiger partial charge is 0.483 e. The number of aromatic nitrogens is 4. The van der Waals surface area contributed by atoms with Gasteiger partial charge in [0.25, 0.3) is 0 Å². The van der Waals surface area contributed by atoms with Crippen LogP contribution in [-0.2, 0) is 6.61 Å². The van der Waals surface area contributed by atoms with Crippen molar-refractivity contribution in [3.05, 3.63) is 77.1 Å². The molecule has 4 rings (SSSR count). The number of rotatable bonds is 4. The van der Waals surface area contributed by atoms with E-state index in [9.17, 15) is 8.78 Å². The predicted molar refractivity (Wildman–Crippen MR) is 92.4 cm³/mol. The van der Waals surface area contributed by atoms with Gasteiger partial charge in [-0.15, -0.1) is 5.10 Å². The molecular formula is C18H11ClF2N4O. The molecule has 0 saturated heterocycles. The fourth-order valence-electron chi connectivity index (χ4n) is 2.53. The lowest BCUT2D eigenvalue weighted by atomic mass is 10.2. The SMILES string of the molecule is Fc1cc2nnn(-c3ccc(Cl)nc3)c2c(F)c1OCc1ccccc1. The summed E-state index contributed by atoms with van der Waals surface area (Å²) in [5.74, 6) is -2.20. The highest BCUT2D eigenvalue weighted by molar-refractivity contribution is 6.29. The van der Waals surface area contributed by atoms with Crippen molar-refractivity contribution in [1.29, 1.82) is 0 Å². The highest BCUT2D eigenvalue weighted by Crippen LogP contribution is 2.30. The molecule has 0 fully saturated rings. The van der Waals surface area contributed by atoms with Crippen LogP contribution in [0.1, 0.15) is 5.56 Å². The minimum atomic E-state index is -0.879. The normalized spacial score (nSPS) is 11.0. The van der Waals surface area contributed by atoms with Gasteiger partial charge in [0, 0.05) is 6.07 Å². The third kappa shape index (κ3) is 2.97. The lowest BCUT2D eigenvalue weighted by Crippen LogP contribution is -2.03. The van der Waals surface area contributed by atoms with Crippen LogP contribution >= 0.6 is 11.6 Å².